The van der Waals surface area contributed by atoms with E-state index in [1.165, 1.54) is 7.11 Å². The van der Waals surface area contributed by atoms with E-state index in [0.29, 0.717) is 25.2 Å². The standard InChI is InChI=1S/C14H23FN2O3/c1-4-19-14(20-5-2)11(17-16)9-10-7-6-8-12(18-3)13(10)15/h6-8,11,14,17H,4-5,9,16H2,1-3H3. The molecule has 5 nitrogen and oxygen atoms in total. The van der Waals surface area contributed by atoms with Gasteiger partial charge in [-0.1, -0.05) is 12.1 Å². The zero-order valence-corrected chi connectivity index (χ0v) is 12.2. The number of hydrazine groups is 1. The molecule has 0 spiro atoms. The zero-order valence-electron chi connectivity index (χ0n) is 12.2. The van der Waals surface area contributed by atoms with Crippen LogP contribution < -0.4 is 16.0 Å². The molecule has 0 saturated carbocycles. The van der Waals surface area contributed by atoms with Crippen LogP contribution in [0.4, 0.5) is 4.39 Å². The predicted octanol–water partition coefficient (Wildman–Crippen LogP) is 1.61. The molecule has 0 aliphatic rings. The van der Waals surface area contributed by atoms with E-state index in [2.05, 4.69) is 5.43 Å². The second-order valence-corrected chi connectivity index (χ2v) is 4.19. The summed E-state index contributed by atoms with van der Waals surface area (Å²) in [6, 6.07) is 4.65. The van der Waals surface area contributed by atoms with Gasteiger partial charge in [0.05, 0.1) is 13.2 Å². The third-order valence-corrected chi connectivity index (χ3v) is 2.91. The molecule has 0 saturated heterocycles. The molecule has 3 N–H and O–H groups in total. The van der Waals surface area contributed by atoms with Gasteiger partial charge in [0.15, 0.2) is 17.9 Å². The van der Waals surface area contributed by atoms with E-state index in [-0.39, 0.29) is 17.6 Å². The molecule has 0 aliphatic heterocycles. The van der Waals surface area contributed by atoms with E-state index in [4.69, 9.17) is 20.1 Å². The van der Waals surface area contributed by atoms with Gasteiger partial charge in [0.2, 0.25) is 0 Å². The van der Waals surface area contributed by atoms with Crippen molar-refractivity contribution < 1.29 is 18.6 Å². The predicted molar refractivity (Wildman–Crippen MR) is 74.8 cm³/mol. The fourth-order valence-corrected chi connectivity index (χ4v) is 1.95. The summed E-state index contributed by atoms with van der Waals surface area (Å²) in [4.78, 5) is 0. The minimum atomic E-state index is -0.527. The van der Waals surface area contributed by atoms with E-state index in [0.717, 1.165) is 0 Å². The van der Waals surface area contributed by atoms with Gasteiger partial charge < -0.3 is 14.2 Å². The van der Waals surface area contributed by atoms with Gasteiger partial charge in [-0.05, 0) is 31.9 Å². The van der Waals surface area contributed by atoms with Gasteiger partial charge in [-0.15, -0.1) is 0 Å². The smallest absolute Gasteiger partial charge is 0.174 e. The minimum absolute atomic E-state index is 0.211. The number of nitrogens with one attached hydrogen (secondary N) is 1. The molecule has 1 aromatic rings. The van der Waals surface area contributed by atoms with Crippen molar-refractivity contribution in [1.82, 2.24) is 5.43 Å². The van der Waals surface area contributed by atoms with Crippen molar-refractivity contribution >= 4 is 0 Å². The average molecular weight is 286 g/mol. The third kappa shape index (κ3) is 4.42. The van der Waals surface area contributed by atoms with E-state index >= 15 is 0 Å². The summed E-state index contributed by atoms with van der Waals surface area (Å²) in [5.41, 5.74) is 3.12. The van der Waals surface area contributed by atoms with Crippen molar-refractivity contribution in [3.63, 3.8) is 0 Å². The lowest BCUT2D eigenvalue weighted by Gasteiger charge is -2.26. The lowest BCUT2D eigenvalue weighted by molar-refractivity contribution is -0.153. The number of rotatable bonds is 9. The monoisotopic (exact) mass is 286 g/mol. The number of halogens is 1. The third-order valence-electron chi connectivity index (χ3n) is 2.91. The van der Waals surface area contributed by atoms with E-state index < -0.39 is 6.29 Å². The maximum absolute atomic E-state index is 14.1. The fraction of sp³-hybridized carbons (Fsp3) is 0.571. The number of hydrogen-bond donors (Lipinski definition) is 2. The molecule has 20 heavy (non-hydrogen) atoms. The van der Waals surface area contributed by atoms with E-state index in [9.17, 15) is 4.39 Å². The number of hydrogen-bond acceptors (Lipinski definition) is 5. The Balaban J connectivity index is 2.86. The Hall–Kier alpha value is -1.21. The summed E-state index contributed by atoms with van der Waals surface area (Å²) < 4.78 is 30.1. The van der Waals surface area contributed by atoms with Gasteiger partial charge in [-0.25, -0.2) is 4.39 Å². The number of nitrogens with two attached hydrogens (primary N) is 1. The van der Waals surface area contributed by atoms with Crippen molar-refractivity contribution in [2.75, 3.05) is 20.3 Å². The summed E-state index contributed by atoms with van der Waals surface area (Å²) in [5, 5.41) is 0. The fourth-order valence-electron chi connectivity index (χ4n) is 1.95. The molecule has 1 aromatic carbocycles. The van der Waals surface area contributed by atoms with Gasteiger partial charge in [0, 0.05) is 13.2 Å². The molecule has 1 atom stereocenters. The van der Waals surface area contributed by atoms with Crippen LogP contribution in [0, 0.1) is 5.82 Å². The highest BCUT2D eigenvalue weighted by molar-refractivity contribution is 5.31. The Morgan fingerprint density at radius 2 is 1.90 bits per heavy atom. The van der Waals surface area contributed by atoms with Crippen LogP contribution in [-0.2, 0) is 15.9 Å². The molecule has 1 rings (SSSR count). The SMILES string of the molecule is CCOC(OCC)C(Cc1cccc(OC)c1F)NN. The summed E-state index contributed by atoms with van der Waals surface area (Å²) in [6.45, 7) is 4.71. The zero-order chi connectivity index (χ0) is 15.0. The van der Waals surface area contributed by atoms with Crippen LogP contribution in [0.5, 0.6) is 5.75 Å². The van der Waals surface area contributed by atoms with Gasteiger partial charge in [0.25, 0.3) is 0 Å². The summed E-state index contributed by atoms with van der Waals surface area (Å²) in [5.74, 6) is 5.36. The van der Waals surface area contributed by atoms with Crippen molar-refractivity contribution in [2.24, 2.45) is 5.84 Å². The van der Waals surface area contributed by atoms with Crippen LogP contribution in [0.2, 0.25) is 0 Å². The van der Waals surface area contributed by atoms with E-state index in [1.807, 2.05) is 13.8 Å². The largest absolute Gasteiger partial charge is 0.494 e. The van der Waals surface area contributed by atoms with E-state index in [1.54, 1.807) is 18.2 Å². The summed E-state index contributed by atoms with van der Waals surface area (Å²) >= 11 is 0. The van der Waals surface area contributed by atoms with Gasteiger partial charge in [-0.3, -0.25) is 11.3 Å². The van der Waals surface area contributed by atoms with Crippen LogP contribution in [0.15, 0.2) is 18.2 Å². The van der Waals surface area contributed by atoms with Crippen molar-refractivity contribution in [3.05, 3.63) is 29.6 Å². The second-order valence-electron chi connectivity index (χ2n) is 4.19. The Morgan fingerprint density at radius 1 is 1.25 bits per heavy atom. The van der Waals surface area contributed by atoms with Gasteiger partial charge in [0.1, 0.15) is 0 Å². The number of ether oxygens (including phenoxy) is 3. The quantitative estimate of drug-likeness (QED) is 0.410. The van der Waals surface area contributed by atoms with Crippen molar-refractivity contribution in [1.29, 1.82) is 0 Å². The molecule has 0 aromatic heterocycles. The Bertz CT molecular complexity index is 398. The first-order chi connectivity index (χ1) is 9.67. The molecule has 0 amide bonds. The first kappa shape index (κ1) is 16.8. The summed E-state index contributed by atoms with van der Waals surface area (Å²) in [7, 11) is 1.43. The van der Waals surface area contributed by atoms with Crippen molar-refractivity contribution in [3.8, 4) is 5.75 Å². The second kappa shape index (κ2) is 8.86. The van der Waals surface area contributed by atoms with Gasteiger partial charge in [-0.2, -0.15) is 0 Å². The lowest BCUT2D eigenvalue weighted by atomic mass is 10.0. The molecular formula is C14H23FN2O3. The lowest BCUT2D eigenvalue weighted by Crippen LogP contribution is -2.48. The highest BCUT2D eigenvalue weighted by Crippen LogP contribution is 2.22. The van der Waals surface area contributed by atoms with Crippen LogP contribution >= 0.6 is 0 Å². The Kier molecular flexibility index (Phi) is 7.46. The van der Waals surface area contributed by atoms with Crippen LogP contribution in [0.25, 0.3) is 0 Å². The maximum Gasteiger partial charge on any atom is 0.174 e. The Labute approximate surface area is 119 Å². The number of benzene rings is 1. The first-order valence-corrected chi connectivity index (χ1v) is 6.68. The van der Waals surface area contributed by atoms with Crippen LogP contribution in [-0.4, -0.2) is 32.7 Å². The molecule has 0 aliphatic carbocycles. The molecule has 1 unspecified atom stereocenters. The average Bonchev–Trinajstić information content (AvgIpc) is 2.46. The minimum Gasteiger partial charge on any atom is -0.494 e. The molecule has 0 radical (unpaired) electrons. The molecule has 6 heteroatoms. The molecule has 0 bridgehead atoms. The highest BCUT2D eigenvalue weighted by Gasteiger charge is 2.23. The molecule has 0 heterocycles. The van der Waals surface area contributed by atoms with Crippen molar-refractivity contribution in [2.45, 2.75) is 32.6 Å². The Morgan fingerprint density at radius 3 is 2.40 bits per heavy atom. The number of methoxy groups -OCH3 is 1. The topological polar surface area (TPSA) is 65.7 Å². The highest BCUT2D eigenvalue weighted by atomic mass is 19.1. The summed E-state index contributed by atoms with van der Waals surface area (Å²) in [6.07, 6.45) is -0.190. The molecule has 114 valence electrons. The molecule has 0 fully saturated rings. The molecular weight excluding hydrogens is 263 g/mol. The first-order valence-electron chi connectivity index (χ1n) is 6.68. The van der Waals surface area contributed by atoms with Gasteiger partial charge >= 0.3 is 0 Å². The maximum atomic E-state index is 14.1. The van der Waals surface area contributed by atoms with Crippen LogP contribution in [0.1, 0.15) is 19.4 Å². The van der Waals surface area contributed by atoms with Crippen LogP contribution in [0.3, 0.4) is 0 Å². The normalized spacial score (nSPS) is 12.7.